The minimum Gasteiger partial charge on any atom is -0.457 e. The monoisotopic (exact) mass is 911 g/mol. The van der Waals surface area contributed by atoms with Crippen LogP contribution in [0.2, 0.25) is 0 Å². The summed E-state index contributed by atoms with van der Waals surface area (Å²) in [5, 5.41) is 40.2. The molecule has 1 aliphatic rings. The molecule has 4 N–H and O–H groups in total. The molecule has 0 amide bonds. The van der Waals surface area contributed by atoms with Crippen molar-refractivity contribution in [2.45, 2.75) is 224 Å². The third kappa shape index (κ3) is 36.9. The normalized spacial score (nSPS) is 20.2. The highest BCUT2D eigenvalue weighted by Gasteiger charge is 2.44. The van der Waals surface area contributed by atoms with Crippen LogP contribution < -0.4 is 0 Å². The van der Waals surface area contributed by atoms with Crippen LogP contribution in [0.1, 0.15) is 187 Å². The highest BCUT2D eigenvalue weighted by atomic mass is 16.7. The largest absolute Gasteiger partial charge is 0.457 e. The maximum atomic E-state index is 12.8. The van der Waals surface area contributed by atoms with Crippen molar-refractivity contribution < 1.29 is 44.2 Å². The van der Waals surface area contributed by atoms with Crippen LogP contribution in [-0.4, -0.2) is 89.6 Å². The second-order valence-electron chi connectivity index (χ2n) is 17.2. The lowest BCUT2D eigenvalue weighted by Gasteiger charge is -2.39. The zero-order valence-electron chi connectivity index (χ0n) is 41.0. The Hall–Kier alpha value is -2.89. The number of carbonyl (C=O) groups excluding carboxylic acids is 1. The first-order chi connectivity index (χ1) is 31.9. The van der Waals surface area contributed by atoms with Gasteiger partial charge >= 0.3 is 5.97 Å². The number of aliphatic hydroxyl groups is 4. The summed E-state index contributed by atoms with van der Waals surface area (Å²) in [4.78, 5) is 12.8. The molecule has 0 spiro atoms. The average molecular weight is 911 g/mol. The molecule has 6 atom stereocenters. The molecule has 0 aliphatic carbocycles. The Balaban J connectivity index is 2.24. The number of ether oxygens (including phenoxy) is 4. The summed E-state index contributed by atoms with van der Waals surface area (Å²) in [6, 6.07) is 0. The van der Waals surface area contributed by atoms with Crippen LogP contribution in [0.5, 0.6) is 0 Å². The maximum absolute atomic E-state index is 12.8. The zero-order chi connectivity index (χ0) is 47.1. The van der Waals surface area contributed by atoms with Crippen LogP contribution in [0.3, 0.4) is 0 Å². The van der Waals surface area contributed by atoms with Gasteiger partial charge in [-0.05, 0) is 96.3 Å². The molecule has 6 unspecified atom stereocenters. The SMILES string of the molecule is CC/C=C\C/C=C\C/C=C\C/C=C\C/C=C\C/C=C\CCCCCCCCC(=O)OC(COCCCCCCCC/C=C\C/C=C\CCCCCC)COC1OC(CO)C(O)C(O)C1O. The molecule has 1 heterocycles. The number of aliphatic hydroxyl groups excluding tert-OH is 4. The van der Waals surface area contributed by atoms with Crippen molar-refractivity contribution in [1.29, 1.82) is 0 Å². The zero-order valence-corrected chi connectivity index (χ0v) is 41.0. The lowest BCUT2D eigenvalue weighted by Crippen LogP contribution is -2.59. The van der Waals surface area contributed by atoms with Crippen LogP contribution >= 0.6 is 0 Å². The van der Waals surface area contributed by atoms with Gasteiger partial charge in [0.25, 0.3) is 0 Å². The van der Waals surface area contributed by atoms with E-state index in [1.165, 1.54) is 57.8 Å². The maximum Gasteiger partial charge on any atom is 0.306 e. The lowest BCUT2D eigenvalue weighted by atomic mass is 9.99. The second-order valence-corrected chi connectivity index (χ2v) is 17.2. The summed E-state index contributed by atoms with van der Waals surface area (Å²) < 4.78 is 22.9. The predicted molar refractivity (Wildman–Crippen MR) is 270 cm³/mol. The first-order valence-electron chi connectivity index (χ1n) is 25.8. The Kier molecular flexibility index (Phi) is 42.8. The number of hydrogen-bond donors (Lipinski definition) is 4. The summed E-state index contributed by atoms with van der Waals surface area (Å²) in [5.74, 6) is -0.335. The van der Waals surface area contributed by atoms with Gasteiger partial charge in [-0.2, -0.15) is 0 Å². The van der Waals surface area contributed by atoms with E-state index in [9.17, 15) is 25.2 Å². The number of unbranched alkanes of at least 4 members (excludes halogenated alkanes) is 16. The Morgan fingerprint density at radius 1 is 0.508 bits per heavy atom. The standard InChI is InChI=1S/C56H94O9/c1-3-5-7-9-11-13-15-17-19-21-22-23-24-25-26-27-28-29-31-33-35-37-39-41-43-45-52(58)64-50(49-63-56-55(61)54(60)53(59)51(47-57)65-56)48-62-46-44-42-40-38-36-34-32-30-20-18-16-14-12-10-8-6-4-2/h5,7,11,13-14,16-17,19-20,22-23,25-26,28-30,50-51,53-57,59-61H,3-4,6,8-10,12,15,18,21,24,27,31-49H2,1-2H3/b7-5-,13-11-,16-14-,19-17-,23-22-,26-25-,29-28-,30-20-. The molecule has 0 saturated carbocycles. The highest BCUT2D eigenvalue weighted by Crippen LogP contribution is 2.22. The Morgan fingerprint density at radius 3 is 1.42 bits per heavy atom. The van der Waals surface area contributed by atoms with E-state index in [1.54, 1.807) is 0 Å². The fraction of sp³-hybridized carbons (Fsp3) is 0.696. The van der Waals surface area contributed by atoms with Crippen molar-refractivity contribution in [2.75, 3.05) is 26.4 Å². The molecule has 0 radical (unpaired) electrons. The van der Waals surface area contributed by atoms with E-state index in [0.29, 0.717) is 13.0 Å². The van der Waals surface area contributed by atoms with Gasteiger partial charge < -0.3 is 39.4 Å². The number of esters is 1. The molecule has 65 heavy (non-hydrogen) atoms. The molecule has 1 aliphatic heterocycles. The van der Waals surface area contributed by atoms with E-state index in [2.05, 4.69) is 111 Å². The number of allylic oxidation sites excluding steroid dienone is 16. The minimum absolute atomic E-state index is 0.125. The highest BCUT2D eigenvalue weighted by molar-refractivity contribution is 5.69. The summed E-state index contributed by atoms with van der Waals surface area (Å²) >= 11 is 0. The van der Waals surface area contributed by atoms with Gasteiger partial charge in [0.1, 0.15) is 30.5 Å². The van der Waals surface area contributed by atoms with Gasteiger partial charge in [0.2, 0.25) is 0 Å². The number of carbonyl (C=O) groups is 1. The van der Waals surface area contributed by atoms with E-state index < -0.39 is 43.4 Å². The van der Waals surface area contributed by atoms with Crippen molar-refractivity contribution in [3.8, 4) is 0 Å². The quantitative estimate of drug-likeness (QED) is 0.0268. The third-order valence-corrected chi connectivity index (χ3v) is 11.2. The van der Waals surface area contributed by atoms with Gasteiger partial charge in [-0.3, -0.25) is 4.79 Å². The second kappa shape index (κ2) is 46.2. The van der Waals surface area contributed by atoms with Crippen molar-refractivity contribution >= 4 is 5.97 Å². The van der Waals surface area contributed by atoms with Gasteiger partial charge in [0, 0.05) is 13.0 Å². The topological polar surface area (TPSA) is 135 Å². The molecule has 0 aromatic heterocycles. The summed E-state index contributed by atoms with van der Waals surface area (Å²) in [5.41, 5.74) is 0. The smallest absolute Gasteiger partial charge is 0.306 e. The summed E-state index contributed by atoms with van der Waals surface area (Å²) in [6.45, 7) is 4.38. The molecular formula is C56H94O9. The van der Waals surface area contributed by atoms with Gasteiger partial charge in [-0.25, -0.2) is 0 Å². The molecule has 0 bridgehead atoms. The Morgan fingerprint density at radius 2 is 0.938 bits per heavy atom. The van der Waals surface area contributed by atoms with Crippen molar-refractivity contribution in [3.63, 3.8) is 0 Å². The Labute approximate surface area is 396 Å². The van der Waals surface area contributed by atoms with Crippen LogP contribution in [0.4, 0.5) is 0 Å². The fourth-order valence-electron chi connectivity index (χ4n) is 7.23. The minimum atomic E-state index is -1.55. The fourth-order valence-corrected chi connectivity index (χ4v) is 7.23. The molecule has 372 valence electrons. The molecule has 1 fully saturated rings. The van der Waals surface area contributed by atoms with Crippen LogP contribution in [-0.2, 0) is 23.7 Å². The molecule has 1 saturated heterocycles. The number of hydrogen-bond acceptors (Lipinski definition) is 9. The summed E-state index contributed by atoms with van der Waals surface area (Å²) in [6.07, 6.45) is 57.2. The average Bonchev–Trinajstić information content (AvgIpc) is 3.31. The lowest BCUT2D eigenvalue weighted by molar-refractivity contribution is -0.305. The van der Waals surface area contributed by atoms with Gasteiger partial charge in [-0.1, -0.05) is 182 Å². The molecule has 9 heteroatoms. The first-order valence-corrected chi connectivity index (χ1v) is 25.8. The van der Waals surface area contributed by atoms with E-state index in [4.69, 9.17) is 18.9 Å². The van der Waals surface area contributed by atoms with Gasteiger partial charge in [0.05, 0.1) is 19.8 Å². The van der Waals surface area contributed by atoms with Crippen molar-refractivity contribution in [2.24, 2.45) is 0 Å². The van der Waals surface area contributed by atoms with Crippen molar-refractivity contribution in [1.82, 2.24) is 0 Å². The van der Waals surface area contributed by atoms with Crippen LogP contribution in [0.25, 0.3) is 0 Å². The van der Waals surface area contributed by atoms with Crippen molar-refractivity contribution in [3.05, 3.63) is 97.2 Å². The molecule has 0 aromatic rings. The molecule has 9 nitrogen and oxygen atoms in total. The van der Waals surface area contributed by atoms with Gasteiger partial charge in [0.15, 0.2) is 6.29 Å². The Bertz CT molecular complexity index is 1310. The summed E-state index contributed by atoms with van der Waals surface area (Å²) in [7, 11) is 0. The molecular weight excluding hydrogens is 817 g/mol. The number of rotatable bonds is 43. The van der Waals surface area contributed by atoms with E-state index >= 15 is 0 Å². The third-order valence-electron chi connectivity index (χ3n) is 11.2. The van der Waals surface area contributed by atoms with E-state index in [1.807, 2.05) is 0 Å². The van der Waals surface area contributed by atoms with E-state index in [-0.39, 0.29) is 19.2 Å². The van der Waals surface area contributed by atoms with Crippen LogP contribution in [0, 0.1) is 0 Å². The molecule has 0 aromatic carbocycles. The predicted octanol–water partition coefficient (Wildman–Crippen LogP) is 12.8. The van der Waals surface area contributed by atoms with Gasteiger partial charge in [-0.15, -0.1) is 0 Å². The van der Waals surface area contributed by atoms with Crippen LogP contribution in [0.15, 0.2) is 97.2 Å². The van der Waals surface area contributed by atoms with E-state index in [0.717, 1.165) is 109 Å². The molecule has 1 rings (SSSR count). The first kappa shape index (κ1) is 60.1.